The minimum absolute atomic E-state index is 0.0375. The molecule has 0 spiro atoms. The molecule has 140 valence electrons. The molecule has 2 saturated carbocycles. The van der Waals surface area contributed by atoms with Crippen LogP contribution in [0.15, 0.2) is 34.5 Å². The molecule has 0 radical (unpaired) electrons. The van der Waals surface area contributed by atoms with Crippen molar-refractivity contribution in [2.75, 3.05) is 13.1 Å². The first-order valence-electron chi connectivity index (χ1n) is 8.87. The topological polar surface area (TPSA) is 86.7 Å². The molecular weight excluding hydrogens is 372 g/mol. The number of carboxylic acids is 1. The number of aliphatic carboxylic acids is 1. The van der Waals surface area contributed by atoms with Gasteiger partial charge in [-0.2, -0.15) is 0 Å². The van der Waals surface area contributed by atoms with Crippen molar-refractivity contribution in [3.05, 3.63) is 29.6 Å². The van der Waals surface area contributed by atoms with Gasteiger partial charge >= 0.3 is 5.97 Å². The van der Waals surface area contributed by atoms with E-state index in [0.29, 0.717) is 23.7 Å². The van der Waals surface area contributed by atoms with Gasteiger partial charge in [-0.05, 0) is 37.7 Å². The van der Waals surface area contributed by atoms with Gasteiger partial charge in [0.2, 0.25) is 10.0 Å². The molecule has 4 rings (SSSR count). The van der Waals surface area contributed by atoms with Crippen LogP contribution < -0.4 is 4.72 Å². The van der Waals surface area contributed by atoms with E-state index in [-0.39, 0.29) is 18.6 Å². The SMILES string of the molecule is O=C(O)CN(CC1CC1)C1CC(NS(=O)(=O)c2csc3ccccc23)C1. The fourth-order valence-electron chi connectivity index (χ4n) is 3.58. The standard InChI is InChI=1S/C18H22N2O4S2/c21-18(22)10-20(9-12-5-6-12)14-7-13(8-14)19-26(23,24)17-11-25-16-4-2-1-3-15(16)17/h1-4,11-14,19H,5-10H2,(H,21,22). The highest BCUT2D eigenvalue weighted by Gasteiger charge is 2.39. The monoisotopic (exact) mass is 394 g/mol. The van der Waals surface area contributed by atoms with Crippen molar-refractivity contribution in [3.8, 4) is 0 Å². The Morgan fingerprint density at radius 2 is 2.00 bits per heavy atom. The molecule has 6 nitrogen and oxygen atoms in total. The zero-order valence-corrected chi connectivity index (χ0v) is 15.9. The molecule has 2 N–H and O–H groups in total. The molecule has 0 amide bonds. The number of carbonyl (C=O) groups is 1. The molecule has 0 atom stereocenters. The van der Waals surface area contributed by atoms with Crippen molar-refractivity contribution in [1.82, 2.24) is 9.62 Å². The highest BCUT2D eigenvalue weighted by Crippen LogP contribution is 2.35. The molecule has 2 aliphatic rings. The second-order valence-electron chi connectivity index (χ2n) is 7.31. The number of thiophene rings is 1. The van der Waals surface area contributed by atoms with Gasteiger partial charge in [-0.1, -0.05) is 18.2 Å². The number of sulfonamides is 1. The van der Waals surface area contributed by atoms with Crippen LogP contribution in [0.5, 0.6) is 0 Å². The van der Waals surface area contributed by atoms with Gasteiger partial charge in [0.25, 0.3) is 0 Å². The van der Waals surface area contributed by atoms with Gasteiger partial charge in [-0.3, -0.25) is 9.69 Å². The molecule has 2 fully saturated rings. The summed E-state index contributed by atoms with van der Waals surface area (Å²) in [5.41, 5.74) is 0. The minimum Gasteiger partial charge on any atom is -0.480 e. The van der Waals surface area contributed by atoms with Gasteiger partial charge in [-0.15, -0.1) is 11.3 Å². The Hall–Kier alpha value is -1.48. The van der Waals surface area contributed by atoms with Gasteiger partial charge < -0.3 is 5.11 Å². The summed E-state index contributed by atoms with van der Waals surface area (Å²) in [6.45, 7) is 0.849. The fourth-order valence-corrected chi connectivity index (χ4v) is 6.34. The molecule has 1 aromatic heterocycles. The van der Waals surface area contributed by atoms with Gasteiger partial charge in [0.1, 0.15) is 4.90 Å². The molecule has 2 aromatic rings. The lowest BCUT2D eigenvalue weighted by atomic mass is 9.86. The molecule has 26 heavy (non-hydrogen) atoms. The lowest BCUT2D eigenvalue weighted by Crippen LogP contribution is -2.55. The number of carboxylic acid groups (broad SMARTS) is 1. The normalized spacial score (nSPS) is 23.3. The summed E-state index contributed by atoms with van der Waals surface area (Å²) >= 11 is 1.43. The van der Waals surface area contributed by atoms with E-state index < -0.39 is 16.0 Å². The molecule has 0 saturated heterocycles. The largest absolute Gasteiger partial charge is 0.480 e. The van der Waals surface area contributed by atoms with Gasteiger partial charge in [-0.25, -0.2) is 13.1 Å². The van der Waals surface area contributed by atoms with Crippen LogP contribution in [-0.2, 0) is 14.8 Å². The Labute approximate surface area is 156 Å². The van der Waals surface area contributed by atoms with Crippen molar-refractivity contribution in [2.45, 2.75) is 42.7 Å². The summed E-state index contributed by atoms with van der Waals surface area (Å²) < 4.78 is 29.2. The van der Waals surface area contributed by atoms with Crippen LogP contribution in [0.2, 0.25) is 0 Å². The molecule has 0 aliphatic heterocycles. The van der Waals surface area contributed by atoms with Crippen LogP contribution in [0, 0.1) is 5.92 Å². The average molecular weight is 395 g/mol. The Morgan fingerprint density at radius 1 is 1.27 bits per heavy atom. The van der Waals surface area contributed by atoms with Crippen LogP contribution in [0.1, 0.15) is 25.7 Å². The number of nitrogens with one attached hydrogen (secondary N) is 1. The third kappa shape index (κ3) is 3.78. The third-order valence-corrected chi connectivity index (χ3v) is 7.89. The summed E-state index contributed by atoms with van der Waals surface area (Å²) in [7, 11) is -3.56. The Morgan fingerprint density at radius 3 is 2.69 bits per heavy atom. The maximum absolute atomic E-state index is 12.7. The summed E-state index contributed by atoms with van der Waals surface area (Å²) in [5, 5.41) is 11.6. The molecule has 8 heteroatoms. The summed E-state index contributed by atoms with van der Waals surface area (Å²) in [6.07, 6.45) is 3.68. The number of fused-ring (bicyclic) bond motifs is 1. The summed E-state index contributed by atoms with van der Waals surface area (Å²) in [4.78, 5) is 13.4. The lowest BCUT2D eigenvalue weighted by Gasteiger charge is -2.42. The van der Waals surface area contributed by atoms with E-state index in [1.54, 1.807) is 5.38 Å². The average Bonchev–Trinajstić information content (AvgIpc) is 3.24. The van der Waals surface area contributed by atoms with Crippen LogP contribution >= 0.6 is 11.3 Å². The van der Waals surface area contributed by atoms with E-state index in [9.17, 15) is 13.2 Å². The lowest BCUT2D eigenvalue weighted by molar-refractivity contribution is -0.139. The second kappa shape index (κ2) is 6.92. The van der Waals surface area contributed by atoms with Crippen molar-refractivity contribution in [3.63, 3.8) is 0 Å². The quantitative estimate of drug-likeness (QED) is 0.718. The van der Waals surface area contributed by atoms with Gasteiger partial charge in [0, 0.05) is 34.1 Å². The maximum Gasteiger partial charge on any atom is 0.317 e. The highest BCUT2D eigenvalue weighted by atomic mass is 32.2. The van der Waals surface area contributed by atoms with Gasteiger partial charge in [0.15, 0.2) is 0 Å². The zero-order chi connectivity index (χ0) is 18.3. The van der Waals surface area contributed by atoms with E-state index in [1.807, 2.05) is 29.2 Å². The zero-order valence-electron chi connectivity index (χ0n) is 14.3. The van der Waals surface area contributed by atoms with Crippen LogP contribution in [0.25, 0.3) is 10.1 Å². The first-order valence-corrected chi connectivity index (χ1v) is 11.2. The number of benzene rings is 1. The van der Waals surface area contributed by atoms with E-state index >= 15 is 0 Å². The number of rotatable bonds is 8. The van der Waals surface area contributed by atoms with Crippen molar-refractivity contribution in [1.29, 1.82) is 0 Å². The first kappa shape index (κ1) is 17.9. The molecule has 1 heterocycles. The van der Waals surface area contributed by atoms with Crippen LogP contribution in [-0.4, -0.2) is 49.6 Å². The van der Waals surface area contributed by atoms with Crippen molar-refractivity contribution < 1.29 is 18.3 Å². The third-order valence-electron chi connectivity index (χ3n) is 5.21. The molecule has 2 aliphatic carbocycles. The Bertz CT molecular complexity index is 914. The predicted molar refractivity (Wildman–Crippen MR) is 101 cm³/mol. The number of hydrogen-bond donors (Lipinski definition) is 2. The van der Waals surface area contributed by atoms with E-state index in [0.717, 1.165) is 16.6 Å². The van der Waals surface area contributed by atoms with E-state index in [1.165, 1.54) is 24.2 Å². The molecule has 0 bridgehead atoms. The summed E-state index contributed by atoms with van der Waals surface area (Å²) in [5.74, 6) is -0.207. The van der Waals surface area contributed by atoms with Crippen molar-refractivity contribution >= 4 is 37.4 Å². The molecule has 0 unspecified atom stereocenters. The summed E-state index contributed by atoms with van der Waals surface area (Å²) in [6, 6.07) is 7.51. The Balaban J connectivity index is 1.40. The van der Waals surface area contributed by atoms with E-state index in [2.05, 4.69) is 4.72 Å². The number of hydrogen-bond acceptors (Lipinski definition) is 5. The van der Waals surface area contributed by atoms with E-state index in [4.69, 9.17) is 5.11 Å². The first-order chi connectivity index (χ1) is 12.4. The van der Waals surface area contributed by atoms with Crippen molar-refractivity contribution in [2.24, 2.45) is 5.92 Å². The molecular formula is C18H22N2O4S2. The van der Waals surface area contributed by atoms with Gasteiger partial charge in [0.05, 0.1) is 6.54 Å². The fraction of sp³-hybridized carbons (Fsp3) is 0.500. The maximum atomic E-state index is 12.7. The highest BCUT2D eigenvalue weighted by molar-refractivity contribution is 7.90. The smallest absolute Gasteiger partial charge is 0.317 e. The second-order valence-corrected chi connectivity index (χ2v) is 9.90. The molecule has 1 aromatic carbocycles. The predicted octanol–water partition coefficient (Wildman–Crippen LogP) is 2.51. The Kier molecular flexibility index (Phi) is 4.77. The van der Waals surface area contributed by atoms with Crippen LogP contribution in [0.3, 0.4) is 0 Å². The van der Waals surface area contributed by atoms with Crippen LogP contribution in [0.4, 0.5) is 0 Å². The minimum atomic E-state index is -3.56. The number of nitrogens with zero attached hydrogens (tertiary/aromatic N) is 1.